The highest BCUT2D eigenvalue weighted by molar-refractivity contribution is 5.23. The van der Waals surface area contributed by atoms with Crippen LogP contribution in [0, 0.1) is 16.7 Å². The van der Waals surface area contributed by atoms with Crippen molar-refractivity contribution in [3.05, 3.63) is 0 Å². The van der Waals surface area contributed by atoms with Gasteiger partial charge in [-0.25, -0.2) is 0 Å². The second-order valence-corrected chi connectivity index (χ2v) is 9.48. The van der Waals surface area contributed by atoms with Crippen molar-refractivity contribution in [3.8, 4) is 0 Å². The van der Waals surface area contributed by atoms with Crippen molar-refractivity contribution in [1.29, 1.82) is 0 Å². The highest BCUT2D eigenvalue weighted by Gasteiger charge is 2.70. The Morgan fingerprint density at radius 1 is 1.11 bits per heavy atom. The lowest BCUT2D eigenvalue weighted by molar-refractivity contribution is 0.00709. The number of fused-ring (bicyclic) bond motifs is 1. The van der Waals surface area contributed by atoms with Gasteiger partial charge in [0.15, 0.2) is 0 Å². The molecule has 1 aliphatic heterocycles. The maximum absolute atomic E-state index is 2.85. The normalized spacial score (nSPS) is 39.8. The van der Waals surface area contributed by atoms with Gasteiger partial charge in [-0.2, -0.15) is 0 Å². The van der Waals surface area contributed by atoms with Crippen LogP contribution in [0.15, 0.2) is 0 Å². The molecule has 0 radical (unpaired) electrons. The van der Waals surface area contributed by atoms with E-state index in [4.69, 9.17) is 0 Å². The number of hydrogen-bond acceptors (Lipinski definition) is 2. The zero-order chi connectivity index (χ0) is 14.8. The third kappa shape index (κ3) is 2.47. The highest BCUT2D eigenvalue weighted by atomic mass is 15.3. The Kier molecular flexibility index (Phi) is 3.39. The van der Waals surface area contributed by atoms with E-state index in [1.807, 2.05) is 0 Å². The van der Waals surface area contributed by atoms with Crippen molar-refractivity contribution in [1.82, 2.24) is 9.80 Å². The summed E-state index contributed by atoms with van der Waals surface area (Å²) < 4.78 is 0. The zero-order valence-electron chi connectivity index (χ0n) is 14.5. The quantitative estimate of drug-likeness (QED) is 0.755. The molecule has 2 aliphatic rings. The standard InChI is InChI=1S/C17H34N2/c1-15(2,3)14-12(11-18(8)9)17(7)10-13(17)19(14)16(4,5)6/h12-14H,10-11H2,1-9H3/t12?,13?,14-,17+/m0/s1. The van der Waals surface area contributed by atoms with Gasteiger partial charge in [0.1, 0.15) is 0 Å². The Morgan fingerprint density at radius 3 is 2.00 bits per heavy atom. The maximum Gasteiger partial charge on any atom is 0.0198 e. The molecule has 0 spiro atoms. The Bertz CT molecular complexity index is 347. The molecule has 2 rings (SSSR count). The molecule has 2 fully saturated rings. The Morgan fingerprint density at radius 2 is 1.63 bits per heavy atom. The van der Waals surface area contributed by atoms with Crippen LogP contribution < -0.4 is 0 Å². The van der Waals surface area contributed by atoms with Crippen molar-refractivity contribution in [2.24, 2.45) is 16.7 Å². The largest absolute Gasteiger partial charge is 0.309 e. The van der Waals surface area contributed by atoms with Crippen molar-refractivity contribution in [2.45, 2.75) is 72.5 Å². The topological polar surface area (TPSA) is 6.48 Å². The Labute approximate surface area is 120 Å². The van der Waals surface area contributed by atoms with Crippen LogP contribution in [0.3, 0.4) is 0 Å². The van der Waals surface area contributed by atoms with E-state index in [9.17, 15) is 0 Å². The molecule has 0 aromatic carbocycles. The van der Waals surface area contributed by atoms with Gasteiger partial charge in [-0.3, -0.25) is 4.90 Å². The zero-order valence-corrected chi connectivity index (χ0v) is 14.5. The van der Waals surface area contributed by atoms with E-state index in [0.717, 1.165) is 12.0 Å². The summed E-state index contributed by atoms with van der Waals surface area (Å²) in [4.78, 5) is 5.23. The summed E-state index contributed by atoms with van der Waals surface area (Å²) in [7, 11) is 4.44. The third-order valence-corrected chi connectivity index (χ3v) is 5.32. The predicted molar refractivity (Wildman–Crippen MR) is 83.4 cm³/mol. The van der Waals surface area contributed by atoms with E-state index in [0.29, 0.717) is 16.9 Å². The van der Waals surface area contributed by atoms with Crippen LogP contribution in [0.4, 0.5) is 0 Å². The van der Waals surface area contributed by atoms with Crippen LogP contribution in [0.5, 0.6) is 0 Å². The first-order chi connectivity index (χ1) is 8.39. The number of likely N-dealkylation sites (tertiary alicyclic amines) is 1. The van der Waals surface area contributed by atoms with Gasteiger partial charge in [0, 0.05) is 24.2 Å². The van der Waals surface area contributed by atoms with Gasteiger partial charge < -0.3 is 4.90 Å². The Balaban J connectivity index is 2.37. The van der Waals surface area contributed by atoms with Crippen LogP contribution in [0.1, 0.15) is 54.9 Å². The minimum Gasteiger partial charge on any atom is -0.309 e. The SMILES string of the molecule is CN(C)CC1[C@@H](C(C)(C)C)N(C(C)(C)C)C2C[C@]12C. The summed E-state index contributed by atoms with van der Waals surface area (Å²) in [6.07, 6.45) is 1.40. The van der Waals surface area contributed by atoms with Crippen molar-refractivity contribution in [3.63, 3.8) is 0 Å². The molecule has 112 valence electrons. The average Bonchev–Trinajstić information content (AvgIpc) is 2.73. The van der Waals surface area contributed by atoms with E-state index < -0.39 is 0 Å². The molecular formula is C17H34N2. The fraction of sp³-hybridized carbons (Fsp3) is 1.00. The first kappa shape index (κ1) is 15.3. The van der Waals surface area contributed by atoms with Gasteiger partial charge in [-0.05, 0) is 58.0 Å². The van der Waals surface area contributed by atoms with Crippen LogP contribution in [0.2, 0.25) is 0 Å². The van der Waals surface area contributed by atoms with Crippen LogP contribution in [-0.2, 0) is 0 Å². The number of rotatable bonds is 2. The summed E-state index contributed by atoms with van der Waals surface area (Å²) in [6.45, 7) is 18.2. The molecule has 0 aromatic heterocycles. The van der Waals surface area contributed by atoms with Gasteiger partial charge in [0.05, 0.1) is 0 Å². The van der Waals surface area contributed by atoms with Crippen molar-refractivity contribution in [2.75, 3.05) is 20.6 Å². The van der Waals surface area contributed by atoms with E-state index in [2.05, 4.69) is 72.4 Å². The Hall–Kier alpha value is -0.0800. The lowest BCUT2D eigenvalue weighted by atomic mass is 9.73. The summed E-state index contributed by atoms with van der Waals surface area (Å²) in [5, 5.41) is 0. The number of nitrogens with zero attached hydrogens (tertiary/aromatic N) is 2. The second-order valence-electron chi connectivity index (χ2n) is 9.48. The number of hydrogen-bond donors (Lipinski definition) is 0. The van der Waals surface area contributed by atoms with E-state index in [1.54, 1.807) is 0 Å². The molecule has 4 atom stereocenters. The molecular weight excluding hydrogens is 232 g/mol. The maximum atomic E-state index is 2.85. The first-order valence-corrected chi connectivity index (χ1v) is 7.82. The monoisotopic (exact) mass is 266 g/mol. The van der Waals surface area contributed by atoms with Crippen LogP contribution in [0.25, 0.3) is 0 Å². The fourth-order valence-electron chi connectivity index (χ4n) is 4.53. The minimum atomic E-state index is 0.279. The molecule has 1 aliphatic carbocycles. The molecule has 1 saturated heterocycles. The molecule has 0 bridgehead atoms. The summed E-state index contributed by atoms with van der Waals surface area (Å²) in [6, 6.07) is 1.50. The summed E-state index contributed by atoms with van der Waals surface area (Å²) in [5.74, 6) is 0.798. The summed E-state index contributed by atoms with van der Waals surface area (Å²) in [5.41, 5.74) is 1.18. The van der Waals surface area contributed by atoms with Crippen LogP contribution in [-0.4, -0.2) is 48.1 Å². The second kappa shape index (κ2) is 4.21. The average molecular weight is 266 g/mol. The molecule has 2 unspecified atom stereocenters. The molecule has 19 heavy (non-hydrogen) atoms. The lowest BCUT2D eigenvalue weighted by Gasteiger charge is -2.48. The smallest absolute Gasteiger partial charge is 0.0198 e. The third-order valence-electron chi connectivity index (χ3n) is 5.32. The van der Waals surface area contributed by atoms with Gasteiger partial charge in [-0.15, -0.1) is 0 Å². The highest BCUT2D eigenvalue weighted by Crippen LogP contribution is 2.66. The first-order valence-electron chi connectivity index (χ1n) is 7.82. The predicted octanol–water partition coefficient (Wildman–Crippen LogP) is 3.47. The molecule has 1 saturated carbocycles. The molecule has 2 nitrogen and oxygen atoms in total. The van der Waals surface area contributed by atoms with Crippen LogP contribution >= 0.6 is 0 Å². The van der Waals surface area contributed by atoms with E-state index in [1.165, 1.54) is 13.0 Å². The van der Waals surface area contributed by atoms with Gasteiger partial charge in [-0.1, -0.05) is 27.7 Å². The molecule has 1 heterocycles. The van der Waals surface area contributed by atoms with E-state index in [-0.39, 0.29) is 5.54 Å². The number of piperidine rings is 1. The van der Waals surface area contributed by atoms with Gasteiger partial charge in [0.25, 0.3) is 0 Å². The summed E-state index contributed by atoms with van der Waals surface area (Å²) >= 11 is 0. The van der Waals surface area contributed by atoms with E-state index >= 15 is 0 Å². The molecule has 0 amide bonds. The lowest BCUT2D eigenvalue weighted by Crippen LogP contribution is -2.55. The van der Waals surface area contributed by atoms with Crippen molar-refractivity contribution >= 4 is 0 Å². The molecule has 0 N–H and O–H groups in total. The fourth-order valence-corrected chi connectivity index (χ4v) is 4.53. The van der Waals surface area contributed by atoms with Gasteiger partial charge in [0.2, 0.25) is 0 Å². The molecule has 0 aromatic rings. The minimum absolute atomic E-state index is 0.279. The van der Waals surface area contributed by atoms with Gasteiger partial charge >= 0.3 is 0 Å². The molecule has 2 heteroatoms. The van der Waals surface area contributed by atoms with Crippen molar-refractivity contribution < 1.29 is 0 Å².